The van der Waals surface area contributed by atoms with Crippen molar-refractivity contribution in [2.45, 2.75) is 20.3 Å². The Balaban J connectivity index is 2.43. The lowest BCUT2D eigenvalue weighted by Crippen LogP contribution is -2.00. The summed E-state index contributed by atoms with van der Waals surface area (Å²) in [6.45, 7) is 4.18. The van der Waals surface area contributed by atoms with E-state index in [0.29, 0.717) is 5.69 Å². The van der Waals surface area contributed by atoms with E-state index < -0.39 is 0 Å². The standard InChI is InChI=1S/C15H15N3/c1-3-12-7-4-6-11(2)15(12)18-13-8-5-9-17-14(13)10-16/h4-9,18H,3H2,1-2H3. The second kappa shape index (κ2) is 5.33. The molecular formula is C15H15N3. The summed E-state index contributed by atoms with van der Waals surface area (Å²) < 4.78 is 0. The molecule has 1 N–H and O–H groups in total. The molecule has 0 amide bonds. The minimum atomic E-state index is 0.419. The Morgan fingerprint density at radius 3 is 2.83 bits per heavy atom. The lowest BCUT2D eigenvalue weighted by atomic mass is 10.1. The summed E-state index contributed by atoms with van der Waals surface area (Å²) in [5.41, 5.74) is 4.65. The number of pyridine rings is 1. The van der Waals surface area contributed by atoms with E-state index >= 15 is 0 Å². The normalized spacial score (nSPS) is 9.83. The van der Waals surface area contributed by atoms with Gasteiger partial charge in [0.1, 0.15) is 6.07 Å². The second-order valence-electron chi connectivity index (χ2n) is 4.10. The van der Waals surface area contributed by atoms with E-state index in [1.807, 2.05) is 18.2 Å². The molecule has 1 aromatic carbocycles. The highest BCUT2D eigenvalue weighted by atomic mass is 14.9. The predicted octanol–water partition coefficient (Wildman–Crippen LogP) is 3.57. The molecule has 0 radical (unpaired) electrons. The number of para-hydroxylation sites is 1. The summed E-state index contributed by atoms with van der Waals surface area (Å²) in [5, 5.41) is 12.4. The van der Waals surface area contributed by atoms with Crippen molar-refractivity contribution in [2.24, 2.45) is 0 Å². The number of nitriles is 1. The van der Waals surface area contributed by atoms with Crippen molar-refractivity contribution >= 4 is 11.4 Å². The molecule has 0 spiro atoms. The first kappa shape index (κ1) is 12.1. The average Bonchev–Trinajstić information content (AvgIpc) is 2.41. The molecule has 3 heteroatoms. The van der Waals surface area contributed by atoms with Crippen molar-refractivity contribution in [3.05, 3.63) is 53.3 Å². The van der Waals surface area contributed by atoms with Gasteiger partial charge in [0, 0.05) is 11.9 Å². The summed E-state index contributed by atoms with van der Waals surface area (Å²) in [6.07, 6.45) is 2.58. The molecule has 0 saturated carbocycles. The van der Waals surface area contributed by atoms with Gasteiger partial charge < -0.3 is 5.32 Å². The van der Waals surface area contributed by atoms with Gasteiger partial charge >= 0.3 is 0 Å². The third-order valence-corrected chi connectivity index (χ3v) is 2.91. The van der Waals surface area contributed by atoms with E-state index in [-0.39, 0.29) is 0 Å². The van der Waals surface area contributed by atoms with Crippen molar-refractivity contribution in [1.82, 2.24) is 4.98 Å². The van der Waals surface area contributed by atoms with Crippen LogP contribution >= 0.6 is 0 Å². The maximum Gasteiger partial charge on any atom is 0.163 e. The van der Waals surface area contributed by atoms with Gasteiger partial charge in [0.05, 0.1) is 5.69 Å². The Labute approximate surface area is 107 Å². The van der Waals surface area contributed by atoms with Crippen LogP contribution in [0.5, 0.6) is 0 Å². The molecule has 0 atom stereocenters. The van der Waals surface area contributed by atoms with Gasteiger partial charge in [-0.3, -0.25) is 0 Å². The van der Waals surface area contributed by atoms with Crippen LogP contribution in [0.4, 0.5) is 11.4 Å². The molecule has 1 aromatic heterocycles. The smallest absolute Gasteiger partial charge is 0.163 e. The zero-order valence-corrected chi connectivity index (χ0v) is 10.6. The minimum absolute atomic E-state index is 0.419. The zero-order valence-electron chi connectivity index (χ0n) is 10.6. The average molecular weight is 237 g/mol. The second-order valence-corrected chi connectivity index (χ2v) is 4.10. The third-order valence-electron chi connectivity index (χ3n) is 2.91. The summed E-state index contributed by atoms with van der Waals surface area (Å²) in [5.74, 6) is 0. The van der Waals surface area contributed by atoms with E-state index in [4.69, 9.17) is 5.26 Å². The first-order valence-corrected chi connectivity index (χ1v) is 5.97. The summed E-state index contributed by atoms with van der Waals surface area (Å²) in [4.78, 5) is 4.05. The summed E-state index contributed by atoms with van der Waals surface area (Å²) >= 11 is 0. The molecular weight excluding hydrogens is 222 g/mol. The molecule has 90 valence electrons. The fourth-order valence-corrected chi connectivity index (χ4v) is 1.93. The van der Waals surface area contributed by atoms with Crippen LogP contribution in [0.15, 0.2) is 36.5 Å². The van der Waals surface area contributed by atoms with Crippen molar-refractivity contribution in [3.8, 4) is 6.07 Å². The van der Waals surface area contributed by atoms with Crippen molar-refractivity contribution < 1.29 is 0 Å². The maximum atomic E-state index is 9.04. The lowest BCUT2D eigenvalue weighted by molar-refractivity contribution is 1.13. The first-order valence-electron chi connectivity index (χ1n) is 5.97. The number of benzene rings is 1. The number of hydrogen-bond donors (Lipinski definition) is 1. The van der Waals surface area contributed by atoms with Gasteiger partial charge in [-0.05, 0) is 36.6 Å². The molecule has 0 aliphatic rings. The van der Waals surface area contributed by atoms with Gasteiger partial charge in [0.25, 0.3) is 0 Å². The Hall–Kier alpha value is -2.34. The molecule has 0 saturated heterocycles. The van der Waals surface area contributed by atoms with Gasteiger partial charge in [0.2, 0.25) is 0 Å². The van der Waals surface area contributed by atoms with Crippen LogP contribution in [0.2, 0.25) is 0 Å². The molecule has 0 aliphatic carbocycles. The number of hydrogen-bond acceptors (Lipinski definition) is 3. The van der Waals surface area contributed by atoms with E-state index in [1.54, 1.807) is 6.20 Å². The zero-order chi connectivity index (χ0) is 13.0. The van der Waals surface area contributed by atoms with Crippen LogP contribution in [-0.4, -0.2) is 4.98 Å². The number of nitrogens with zero attached hydrogens (tertiary/aromatic N) is 2. The number of aryl methyl sites for hydroxylation is 2. The van der Waals surface area contributed by atoms with Crippen LogP contribution < -0.4 is 5.32 Å². The third kappa shape index (κ3) is 2.33. The monoisotopic (exact) mass is 237 g/mol. The van der Waals surface area contributed by atoms with Crippen LogP contribution in [-0.2, 0) is 6.42 Å². The largest absolute Gasteiger partial charge is 0.353 e. The van der Waals surface area contributed by atoms with Crippen molar-refractivity contribution in [1.29, 1.82) is 5.26 Å². The van der Waals surface area contributed by atoms with Crippen molar-refractivity contribution in [3.63, 3.8) is 0 Å². The number of anilines is 2. The minimum Gasteiger partial charge on any atom is -0.353 e. The van der Waals surface area contributed by atoms with E-state index in [2.05, 4.69) is 42.4 Å². The number of rotatable bonds is 3. The number of nitrogens with one attached hydrogen (secondary N) is 1. The van der Waals surface area contributed by atoms with Gasteiger partial charge in [-0.25, -0.2) is 4.98 Å². The Morgan fingerprint density at radius 1 is 1.28 bits per heavy atom. The lowest BCUT2D eigenvalue weighted by Gasteiger charge is -2.14. The number of aromatic nitrogens is 1. The van der Waals surface area contributed by atoms with Crippen LogP contribution in [0.1, 0.15) is 23.7 Å². The Kier molecular flexibility index (Phi) is 3.59. The SMILES string of the molecule is CCc1cccc(C)c1Nc1cccnc1C#N. The summed E-state index contributed by atoms with van der Waals surface area (Å²) in [7, 11) is 0. The Morgan fingerprint density at radius 2 is 2.11 bits per heavy atom. The fraction of sp³-hybridized carbons (Fsp3) is 0.200. The molecule has 0 fully saturated rings. The maximum absolute atomic E-state index is 9.04. The molecule has 0 bridgehead atoms. The van der Waals surface area contributed by atoms with Crippen LogP contribution in [0, 0.1) is 18.3 Å². The van der Waals surface area contributed by atoms with E-state index in [9.17, 15) is 0 Å². The molecule has 1 heterocycles. The molecule has 0 aliphatic heterocycles. The quantitative estimate of drug-likeness (QED) is 0.887. The highest BCUT2D eigenvalue weighted by Gasteiger charge is 2.07. The molecule has 18 heavy (non-hydrogen) atoms. The molecule has 2 rings (SSSR count). The highest BCUT2D eigenvalue weighted by molar-refractivity contribution is 5.69. The summed E-state index contributed by atoms with van der Waals surface area (Å²) in [6, 6.07) is 12.0. The van der Waals surface area contributed by atoms with Gasteiger partial charge in [-0.1, -0.05) is 25.1 Å². The van der Waals surface area contributed by atoms with Gasteiger partial charge in [-0.15, -0.1) is 0 Å². The molecule has 0 unspecified atom stereocenters. The molecule has 3 nitrogen and oxygen atoms in total. The Bertz CT molecular complexity index is 597. The predicted molar refractivity (Wildman–Crippen MR) is 72.8 cm³/mol. The van der Waals surface area contributed by atoms with E-state index in [0.717, 1.165) is 17.8 Å². The molecule has 2 aromatic rings. The first-order chi connectivity index (χ1) is 8.76. The van der Waals surface area contributed by atoms with Crippen LogP contribution in [0.25, 0.3) is 0 Å². The van der Waals surface area contributed by atoms with Gasteiger partial charge in [0.15, 0.2) is 5.69 Å². The van der Waals surface area contributed by atoms with Crippen LogP contribution in [0.3, 0.4) is 0 Å². The topological polar surface area (TPSA) is 48.7 Å². The van der Waals surface area contributed by atoms with E-state index in [1.165, 1.54) is 11.1 Å². The highest BCUT2D eigenvalue weighted by Crippen LogP contribution is 2.26. The van der Waals surface area contributed by atoms with Crippen molar-refractivity contribution in [2.75, 3.05) is 5.32 Å². The fourth-order valence-electron chi connectivity index (χ4n) is 1.93. The van der Waals surface area contributed by atoms with Gasteiger partial charge in [-0.2, -0.15) is 5.26 Å².